The van der Waals surface area contributed by atoms with E-state index in [2.05, 4.69) is 5.32 Å². The van der Waals surface area contributed by atoms with Gasteiger partial charge in [0.05, 0.1) is 24.5 Å². The lowest BCUT2D eigenvalue weighted by Gasteiger charge is -2.32. The summed E-state index contributed by atoms with van der Waals surface area (Å²) in [4.78, 5) is 0. The van der Waals surface area contributed by atoms with Gasteiger partial charge in [-0.1, -0.05) is 19.3 Å². The molecule has 0 heterocycles. The first-order valence-electron chi connectivity index (χ1n) is 8.03. The van der Waals surface area contributed by atoms with Gasteiger partial charge in [0.15, 0.2) is 0 Å². The molecule has 1 fully saturated rings. The molecule has 0 aliphatic heterocycles. The summed E-state index contributed by atoms with van der Waals surface area (Å²) in [5.41, 5.74) is 0.297. The lowest BCUT2D eigenvalue weighted by Crippen LogP contribution is -2.38. The average molecular weight is 293 g/mol. The van der Waals surface area contributed by atoms with Gasteiger partial charge >= 0.3 is 0 Å². The number of anilines is 1. The van der Waals surface area contributed by atoms with Crippen molar-refractivity contribution in [1.82, 2.24) is 0 Å². The molecule has 1 aromatic rings. The van der Waals surface area contributed by atoms with Gasteiger partial charge in [-0.25, -0.2) is 0 Å². The van der Waals surface area contributed by atoms with Crippen molar-refractivity contribution in [3.8, 4) is 11.5 Å². The van der Waals surface area contributed by atoms with Crippen LogP contribution >= 0.6 is 0 Å². The summed E-state index contributed by atoms with van der Waals surface area (Å²) >= 11 is 0. The van der Waals surface area contributed by atoms with Crippen LogP contribution in [0.5, 0.6) is 11.5 Å². The number of nitrogens with one attached hydrogen (secondary N) is 1. The number of hydrogen-bond acceptors (Lipinski definition) is 4. The first kappa shape index (κ1) is 16.0. The second kappa shape index (κ2) is 7.55. The molecule has 1 aliphatic rings. The minimum absolute atomic E-state index is 0.558. The highest BCUT2D eigenvalue weighted by atomic mass is 16.5. The van der Waals surface area contributed by atoms with Gasteiger partial charge in [0.25, 0.3) is 0 Å². The molecule has 1 saturated carbocycles. The lowest BCUT2D eigenvalue weighted by atomic mass is 9.85. The Morgan fingerprint density at radius 1 is 1.10 bits per heavy atom. The van der Waals surface area contributed by atoms with Gasteiger partial charge in [0, 0.05) is 12.6 Å². The van der Waals surface area contributed by atoms with Crippen molar-refractivity contribution in [2.24, 2.45) is 0 Å². The summed E-state index contributed by atoms with van der Waals surface area (Å²) in [5.74, 6) is 1.62. The third kappa shape index (κ3) is 4.53. The average Bonchev–Trinajstić information content (AvgIpc) is 2.49. The van der Waals surface area contributed by atoms with Crippen molar-refractivity contribution in [2.75, 3.05) is 25.1 Å². The van der Waals surface area contributed by atoms with Crippen LogP contribution in [0, 0.1) is 0 Å². The van der Waals surface area contributed by atoms with Crippen LogP contribution in [0.1, 0.15) is 46.0 Å². The van der Waals surface area contributed by atoms with Crippen LogP contribution < -0.4 is 14.8 Å². The normalized spacial score (nSPS) is 17.3. The molecule has 0 radical (unpaired) electrons. The molecule has 2 N–H and O–H groups in total. The van der Waals surface area contributed by atoms with E-state index in [1.807, 2.05) is 32.0 Å². The Morgan fingerprint density at radius 2 is 1.81 bits per heavy atom. The zero-order valence-electron chi connectivity index (χ0n) is 13.2. The van der Waals surface area contributed by atoms with Crippen LogP contribution in [0.25, 0.3) is 0 Å². The largest absolute Gasteiger partial charge is 0.494 e. The Bertz CT molecular complexity index is 442. The van der Waals surface area contributed by atoms with Crippen molar-refractivity contribution in [1.29, 1.82) is 0 Å². The van der Waals surface area contributed by atoms with E-state index in [1.54, 1.807) is 0 Å². The summed E-state index contributed by atoms with van der Waals surface area (Å²) in [5, 5.41) is 13.9. The molecule has 0 saturated heterocycles. The number of ether oxygens (including phenoxy) is 2. The predicted octanol–water partition coefficient (Wildman–Crippen LogP) is 3.59. The first-order chi connectivity index (χ1) is 10.2. The second-order valence-electron chi connectivity index (χ2n) is 5.66. The molecule has 4 nitrogen and oxygen atoms in total. The zero-order valence-corrected chi connectivity index (χ0v) is 13.2. The van der Waals surface area contributed by atoms with Crippen molar-refractivity contribution in [3.05, 3.63) is 18.2 Å². The topological polar surface area (TPSA) is 50.7 Å². The monoisotopic (exact) mass is 293 g/mol. The van der Waals surface area contributed by atoms with E-state index < -0.39 is 5.60 Å². The zero-order chi connectivity index (χ0) is 15.1. The summed E-state index contributed by atoms with van der Waals surface area (Å²) in [6, 6.07) is 5.78. The molecule has 1 aromatic carbocycles. The number of aliphatic hydroxyl groups is 1. The smallest absolute Gasteiger partial charge is 0.142 e. The lowest BCUT2D eigenvalue weighted by molar-refractivity contribution is 0.0167. The van der Waals surface area contributed by atoms with Crippen molar-refractivity contribution < 1.29 is 14.6 Å². The molecule has 118 valence electrons. The minimum Gasteiger partial charge on any atom is -0.494 e. The predicted molar refractivity (Wildman–Crippen MR) is 85.3 cm³/mol. The molecule has 0 spiro atoms. The van der Waals surface area contributed by atoms with Crippen LogP contribution in [-0.4, -0.2) is 30.5 Å². The van der Waals surface area contributed by atoms with E-state index in [4.69, 9.17) is 9.47 Å². The fourth-order valence-corrected chi connectivity index (χ4v) is 2.83. The second-order valence-corrected chi connectivity index (χ2v) is 5.66. The Hall–Kier alpha value is -1.42. The van der Waals surface area contributed by atoms with Gasteiger partial charge in [-0.2, -0.15) is 0 Å². The van der Waals surface area contributed by atoms with Crippen LogP contribution in [-0.2, 0) is 0 Å². The maximum atomic E-state index is 10.6. The van der Waals surface area contributed by atoms with Gasteiger partial charge in [-0.15, -0.1) is 0 Å². The minimum atomic E-state index is -0.594. The Morgan fingerprint density at radius 3 is 2.48 bits per heavy atom. The standard InChI is InChI=1S/C17H27NO3/c1-3-20-14-8-9-16(21-4-2)15(12-14)18-13-17(19)10-6-5-7-11-17/h8-9,12,18-19H,3-7,10-11,13H2,1-2H3. The first-order valence-corrected chi connectivity index (χ1v) is 8.03. The molecule has 4 heteroatoms. The van der Waals surface area contributed by atoms with Crippen molar-refractivity contribution in [2.45, 2.75) is 51.6 Å². The number of rotatable bonds is 7. The van der Waals surface area contributed by atoms with E-state index >= 15 is 0 Å². The highest BCUT2D eigenvalue weighted by Gasteiger charge is 2.29. The quantitative estimate of drug-likeness (QED) is 0.806. The molecule has 0 bridgehead atoms. The van der Waals surface area contributed by atoms with Crippen molar-refractivity contribution in [3.63, 3.8) is 0 Å². The summed E-state index contributed by atoms with van der Waals surface area (Å²) in [6.07, 6.45) is 5.18. The molecule has 21 heavy (non-hydrogen) atoms. The van der Waals surface area contributed by atoms with Gasteiger partial charge < -0.3 is 19.9 Å². The van der Waals surface area contributed by atoms with Crippen LogP contribution in [0.2, 0.25) is 0 Å². The Labute approximate surface area is 127 Å². The fraction of sp³-hybridized carbons (Fsp3) is 0.647. The van der Waals surface area contributed by atoms with E-state index in [1.165, 1.54) is 6.42 Å². The molecule has 0 atom stereocenters. The molecular formula is C17H27NO3. The third-order valence-electron chi connectivity index (χ3n) is 3.95. The van der Waals surface area contributed by atoms with Crippen LogP contribution in [0.3, 0.4) is 0 Å². The van der Waals surface area contributed by atoms with E-state index in [0.29, 0.717) is 19.8 Å². The Kier molecular flexibility index (Phi) is 5.74. The summed E-state index contributed by atoms with van der Waals surface area (Å²) < 4.78 is 11.2. The molecular weight excluding hydrogens is 266 g/mol. The molecule has 0 amide bonds. The van der Waals surface area contributed by atoms with E-state index in [0.717, 1.165) is 42.9 Å². The highest BCUT2D eigenvalue weighted by molar-refractivity contribution is 5.60. The number of hydrogen-bond donors (Lipinski definition) is 2. The van der Waals surface area contributed by atoms with Crippen LogP contribution in [0.15, 0.2) is 18.2 Å². The molecule has 0 aromatic heterocycles. The van der Waals surface area contributed by atoms with Gasteiger partial charge in [-0.3, -0.25) is 0 Å². The molecule has 1 aliphatic carbocycles. The van der Waals surface area contributed by atoms with Crippen LogP contribution in [0.4, 0.5) is 5.69 Å². The van der Waals surface area contributed by atoms with Gasteiger partial charge in [0.1, 0.15) is 11.5 Å². The fourth-order valence-electron chi connectivity index (χ4n) is 2.83. The molecule has 2 rings (SSSR count). The van der Waals surface area contributed by atoms with E-state index in [9.17, 15) is 5.11 Å². The number of benzene rings is 1. The van der Waals surface area contributed by atoms with Gasteiger partial charge in [-0.05, 0) is 38.8 Å². The Balaban J connectivity index is 2.06. The maximum absolute atomic E-state index is 10.6. The third-order valence-corrected chi connectivity index (χ3v) is 3.95. The summed E-state index contributed by atoms with van der Waals surface area (Å²) in [6.45, 7) is 5.75. The molecule has 0 unspecified atom stereocenters. The SMILES string of the molecule is CCOc1ccc(OCC)c(NCC2(O)CCCCC2)c1. The summed E-state index contributed by atoms with van der Waals surface area (Å²) in [7, 11) is 0. The van der Waals surface area contributed by atoms with Crippen molar-refractivity contribution >= 4 is 5.69 Å². The van der Waals surface area contributed by atoms with E-state index in [-0.39, 0.29) is 0 Å². The maximum Gasteiger partial charge on any atom is 0.142 e. The van der Waals surface area contributed by atoms with Gasteiger partial charge in [0.2, 0.25) is 0 Å². The highest BCUT2D eigenvalue weighted by Crippen LogP contribution is 2.32.